The minimum Gasteiger partial charge on any atom is -0.256 e. The summed E-state index contributed by atoms with van der Waals surface area (Å²) in [7, 11) is 0. The van der Waals surface area contributed by atoms with Gasteiger partial charge in [0.2, 0.25) is 0 Å². The SMILES string of the molecule is Cc1cc(C)cc(-c2nccc3c(CC(C)C)cccc23)c1. The summed E-state index contributed by atoms with van der Waals surface area (Å²) < 4.78 is 0. The molecule has 0 fully saturated rings. The van der Waals surface area contributed by atoms with E-state index in [9.17, 15) is 0 Å². The van der Waals surface area contributed by atoms with Crippen molar-refractivity contribution >= 4 is 10.8 Å². The van der Waals surface area contributed by atoms with E-state index in [4.69, 9.17) is 0 Å². The molecule has 22 heavy (non-hydrogen) atoms. The molecule has 1 heterocycles. The van der Waals surface area contributed by atoms with Crippen LogP contribution in [0.1, 0.15) is 30.5 Å². The predicted molar refractivity (Wildman–Crippen MR) is 95.2 cm³/mol. The van der Waals surface area contributed by atoms with Crippen LogP contribution >= 0.6 is 0 Å². The van der Waals surface area contributed by atoms with Gasteiger partial charge < -0.3 is 0 Å². The van der Waals surface area contributed by atoms with Gasteiger partial charge in [-0.1, -0.05) is 49.2 Å². The first kappa shape index (κ1) is 14.8. The molecule has 1 heteroatoms. The van der Waals surface area contributed by atoms with Gasteiger partial charge >= 0.3 is 0 Å². The Bertz CT molecular complexity index is 795. The highest BCUT2D eigenvalue weighted by Gasteiger charge is 2.09. The summed E-state index contributed by atoms with van der Waals surface area (Å²) in [6.07, 6.45) is 3.05. The van der Waals surface area contributed by atoms with E-state index in [0.29, 0.717) is 5.92 Å². The summed E-state index contributed by atoms with van der Waals surface area (Å²) in [6, 6.07) is 15.4. The molecule has 1 nitrogen and oxygen atoms in total. The Labute approximate surface area is 133 Å². The summed E-state index contributed by atoms with van der Waals surface area (Å²) in [5, 5.41) is 2.59. The van der Waals surface area contributed by atoms with Crippen LogP contribution in [0.5, 0.6) is 0 Å². The van der Waals surface area contributed by atoms with Crippen molar-refractivity contribution in [3.8, 4) is 11.3 Å². The van der Waals surface area contributed by atoms with Gasteiger partial charge in [-0.15, -0.1) is 0 Å². The second-order valence-corrected chi connectivity index (χ2v) is 6.65. The van der Waals surface area contributed by atoms with Crippen LogP contribution in [0.4, 0.5) is 0 Å². The van der Waals surface area contributed by atoms with Crippen molar-refractivity contribution in [1.29, 1.82) is 0 Å². The van der Waals surface area contributed by atoms with Crippen LogP contribution in [0.15, 0.2) is 48.7 Å². The van der Waals surface area contributed by atoms with Gasteiger partial charge in [-0.25, -0.2) is 0 Å². The number of rotatable bonds is 3. The topological polar surface area (TPSA) is 12.9 Å². The van der Waals surface area contributed by atoms with Crippen molar-refractivity contribution in [1.82, 2.24) is 4.98 Å². The fraction of sp³-hybridized carbons (Fsp3) is 0.286. The van der Waals surface area contributed by atoms with Gasteiger partial charge in [0, 0.05) is 17.1 Å². The van der Waals surface area contributed by atoms with Gasteiger partial charge in [-0.2, -0.15) is 0 Å². The number of benzene rings is 2. The number of hydrogen-bond donors (Lipinski definition) is 0. The zero-order valence-corrected chi connectivity index (χ0v) is 13.9. The monoisotopic (exact) mass is 289 g/mol. The van der Waals surface area contributed by atoms with Crippen LogP contribution < -0.4 is 0 Å². The molecule has 0 radical (unpaired) electrons. The lowest BCUT2D eigenvalue weighted by molar-refractivity contribution is 0.650. The number of pyridine rings is 1. The standard InChI is InChI=1S/C21H23N/c1-14(2)10-17-6-5-7-20-19(17)8-9-22-21(20)18-12-15(3)11-16(4)13-18/h5-9,11-14H,10H2,1-4H3. The predicted octanol–water partition coefficient (Wildman–Crippen LogP) is 5.72. The Morgan fingerprint density at radius 2 is 1.64 bits per heavy atom. The van der Waals surface area contributed by atoms with Crippen LogP contribution in [0.25, 0.3) is 22.0 Å². The van der Waals surface area contributed by atoms with E-state index in [1.54, 1.807) is 0 Å². The lowest BCUT2D eigenvalue weighted by atomic mass is 9.94. The highest BCUT2D eigenvalue weighted by atomic mass is 14.7. The third-order valence-electron chi connectivity index (χ3n) is 4.02. The Kier molecular flexibility index (Phi) is 3.98. The molecule has 112 valence electrons. The molecule has 0 bridgehead atoms. The van der Waals surface area contributed by atoms with Gasteiger partial charge in [0.25, 0.3) is 0 Å². The highest BCUT2D eigenvalue weighted by Crippen LogP contribution is 2.30. The molecule has 0 aliphatic rings. The molecular weight excluding hydrogens is 266 g/mol. The fourth-order valence-electron chi connectivity index (χ4n) is 3.23. The van der Waals surface area contributed by atoms with Gasteiger partial charge in [0.15, 0.2) is 0 Å². The molecular formula is C21H23N. The Morgan fingerprint density at radius 1 is 0.909 bits per heavy atom. The van der Waals surface area contributed by atoms with Crippen molar-refractivity contribution in [3.63, 3.8) is 0 Å². The molecule has 0 spiro atoms. The molecule has 0 saturated heterocycles. The second-order valence-electron chi connectivity index (χ2n) is 6.65. The van der Waals surface area contributed by atoms with Crippen LogP contribution in [-0.4, -0.2) is 4.98 Å². The third-order valence-corrected chi connectivity index (χ3v) is 4.02. The van der Waals surface area contributed by atoms with Crippen molar-refractivity contribution in [2.45, 2.75) is 34.1 Å². The number of aromatic nitrogens is 1. The van der Waals surface area contributed by atoms with Gasteiger partial charge in [-0.3, -0.25) is 4.98 Å². The number of fused-ring (bicyclic) bond motifs is 1. The van der Waals surface area contributed by atoms with E-state index in [-0.39, 0.29) is 0 Å². The first-order valence-electron chi connectivity index (χ1n) is 8.00. The molecule has 0 aliphatic carbocycles. The maximum absolute atomic E-state index is 4.68. The Morgan fingerprint density at radius 3 is 2.32 bits per heavy atom. The summed E-state index contributed by atoms with van der Waals surface area (Å²) in [4.78, 5) is 4.68. The normalized spacial score (nSPS) is 11.3. The molecule has 0 unspecified atom stereocenters. The smallest absolute Gasteiger partial charge is 0.0780 e. The van der Waals surface area contributed by atoms with Crippen LogP contribution in [-0.2, 0) is 6.42 Å². The Hall–Kier alpha value is -2.15. The van der Waals surface area contributed by atoms with Gasteiger partial charge in [0.1, 0.15) is 0 Å². The molecule has 1 aromatic heterocycles. The van der Waals surface area contributed by atoms with Crippen molar-refractivity contribution < 1.29 is 0 Å². The lowest BCUT2D eigenvalue weighted by Crippen LogP contribution is -1.96. The summed E-state index contributed by atoms with van der Waals surface area (Å²) in [5.41, 5.74) is 6.29. The fourth-order valence-corrected chi connectivity index (χ4v) is 3.23. The molecule has 0 N–H and O–H groups in total. The average molecular weight is 289 g/mol. The van der Waals surface area contributed by atoms with E-state index in [1.165, 1.54) is 33.0 Å². The van der Waals surface area contributed by atoms with Crippen LogP contribution in [0.2, 0.25) is 0 Å². The molecule has 0 aliphatic heterocycles. The molecule has 0 atom stereocenters. The number of hydrogen-bond acceptors (Lipinski definition) is 1. The van der Waals surface area contributed by atoms with E-state index < -0.39 is 0 Å². The van der Waals surface area contributed by atoms with Gasteiger partial charge in [-0.05, 0) is 55.3 Å². The maximum atomic E-state index is 4.68. The minimum atomic E-state index is 0.656. The largest absolute Gasteiger partial charge is 0.256 e. The summed E-state index contributed by atoms with van der Waals surface area (Å²) in [6.45, 7) is 8.83. The molecule has 3 rings (SSSR count). The van der Waals surface area contributed by atoms with Crippen LogP contribution in [0, 0.1) is 19.8 Å². The third kappa shape index (κ3) is 2.89. The first-order chi connectivity index (χ1) is 10.5. The quantitative estimate of drug-likeness (QED) is 0.601. The van der Waals surface area contributed by atoms with E-state index in [0.717, 1.165) is 12.1 Å². The van der Waals surface area contributed by atoms with Gasteiger partial charge in [0.05, 0.1) is 5.69 Å². The van der Waals surface area contributed by atoms with E-state index in [2.05, 4.69) is 75.1 Å². The van der Waals surface area contributed by atoms with Crippen molar-refractivity contribution in [3.05, 3.63) is 65.4 Å². The molecule has 2 aromatic carbocycles. The molecule has 0 saturated carbocycles. The average Bonchev–Trinajstić information content (AvgIpc) is 2.45. The van der Waals surface area contributed by atoms with Crippen LogP contribution in [0.3, 0.4) is 0 Å². The van der Waals surface area contributed by atoms with E-state index >= 15 is 0 Å². The summed E-state index contributed by atoms with van der Waals surface area (Å²) >= 11 is 0. The first-order valence-corrected chi connectivity index (χ1v) is 8.00. The zero-order chi connectivity index (χ0) is 15.7. The van der Waals surface area contributed by atoms with Crippen molar-refractivity contribution in [2.24, 2.45) is 5.92 Å². The van der Waals surface area contributed by atoms with E-state index in [1.807, 2.05) is 6.20 Å². The highest BCUT2D eigenvalue weighted by molar-refractivity contribution is 5.96. The summed E-state index contributed by atoms with van der Waals surface area (Å²) in [5.74, 6) is 0.656. The Balaban J connectivity index is 2.23. The second kappa shape index (κ2) is 5.92. The number of nitrogens with zero attached hydrogens (tertiary/aromatic N) is 1. The minimum absolute atomic E-state index is 0.656. The zero-order valence-electron chi connectivity index (χ0n) is 13.9. The number of aryl methyl sites for hydroxylation is 2. The molecule has 0 amide bonds. The molecule has 3 aromatic rings. The maximum Gasteiger partial charge on any atom is 0.0780 e. The lowest BCUT2D eigenvalue weighted by Gasteiger charge is -2.12. The van der Waals surface area contributed by atoms with Crippen molar-refractivity contribution in [2.75, 3.05) is 0 Å².